The van der Waals surface area contributed by atoms with E-state index in [1.807, 2.05) is 6.20 Å². The van der Waals surface area contributed by atoms with Gasteiger partial charge in [0.25, 0.3) is 0 Å². The lowest BCUT2D eigenvalue weighted by atomic mass is 10.2. The van der Waals surface area contributed by atoms with E-state index in [-0.39, 0.29) is 0 Å². The molecule has 1 aliphatic rings. The largest absolute Gasteiger partial charge is 0.388 e. The summed E-state index contributed by atoms with van der Waals surface area (Å²) < 4.78 is 2.75. The van der Waals surface area contributed by atoms with E-state index in [4.69, 9.17) is 0 Å². The van der Waals surface area contributed by atoms with Crippen molar-refractivity contribution in [1.29, 1.82) is 0 Å². The number of nitrogens with zero attached hydrogens (tertiary/aromatic N) is 2. The third-order valence-corrected chi connectivity index (χ3v) is 3.14. The molecular weight excluding hydrogens is 232 g/mol. The molecule has 0 aromatic carbocycles. The van der Waals surface area contributed by atoms with E-state index in [9.17, 15) is 5.11 Å². The van der Waals surface area contributed by atoms with Crippen molar-refractivity contribution in [3.63, 3.8) is 0 Å². The second-order valence-corrected chi connectivity index (χ2v) is 4.68. The first kappa shape index (κ1) is 9.21. The van der Waals surface area contributed by atoms with Gasteiger partial charge in [-0.3, -0.25) is 4.68 Å². The van der Waals surface area contributed by atoms with Crippen molar-refractivity contribution in [2.75, 3.05) is 0 Å². The SMILES string of the molecule is CCC1CC1(O)Cn1cc(Br)cn1. The smallest absolute Gasteiger partial charge is 0.0875 e. The van der Waals surface area contributed by atoms with Crippen LogP contribution in [0.25, 0.3) is 0 Å². The van der Waals surface area contributed by atoms with Gasteiger partial charge in [-0.25, -0.2) is 0 Å². The van der Waals surface area contributed by atoms with Crippen molar-refractivity contribution < 1.29 is 5.11 Å². The quantitative estimate of drug-likeness (QED) is 0.881. The van der Waals surface area contributed by atoms with Gasteiger partial charge < -0.3 is 5.11 Å². The van der Waals surface area contributed by atoms with Crippen LogP contribution in [-0.4, -0.2) is 20.5 Å². The highest BCUT2D eigenvalue weighted by Crippen LogP contribution is 2.46. The molecule has 4 heteroatoms. The zero-order chi connectivity index (χ0) is 9.47. The Bertz CT molecular complexity index is 312. The van der Waals surface area contributed by atoms with Crippen molar-refractivity contribution in [1.82, 2.24) is 9.78 Å². The van der Waals surface area contributed by atoms with Gasteiger partial charge in [0, 0.05) is 6.20 Å². The first-order valence-corrected chi connectivity index (χ1v) is 5.33. The molecule has 2 unspecified atom stereocenters. The van der Waals surface area contributed by atoms with Crippen molar-refractivity contribution in [2.45, 2.75) is 31.9 Å². The van der Waals surface area contributed by atoms with Gasteiger partial charge in [0.1, 0.15) is 0 Å². The lowest BCUT2D eigenvalue weighted by Gasteiger charge is -2.09. The minimum Gasteiger partial charge on any atom is -0.388 e. The van der Waals surface area contributed by atoms with Crippen molar-refractivity contribution in [2.24, 2.45) is 5.92 Å². The van der Waals surface area contributed by atoms with E-state index < -0.39 is 5.60 Å². The minimum absolute atomic E-state index is 0.468. The molecule has 13 heavy (non-hydrogen) atoms. The summed E-state index contributed by atoms with van der Waals surface area (Å²) >= 11 is 3.33. The molecule has 1 heterocycles. The summed E-state index contributed by atoms with van der Waals surface area (Å²) in [6.07, 6.45) is 5.61. The number of halogens is 1. The Balaban J connectivity index is 2.00. The fourth-order valence-electron chi connectivity index (χ4n) is 1.79. The summed E-state index contributed by atoms with van der Waals surface area (Å²) in [5.74, 6) is 0.468. The predicted octanol–water partition coefficient (Wildman–Crippen LogP) is 1.81. The lowest BCUT2D eigenvalue weighted by molar-refractivity contribution is 0.106. The lowest BCUT2D eigenvalue weighted by Crippen LogP contribution is -2.20. The van der Waals surface area contributed by atoms with Crippen LogP contribution < -0.4 is 0 Å². The van der Waals surface area contributed by atoms with Crippen LogP contribution in [0.2, 0.25) is 0 Å². The van der Waals surface area contributed by atoms with Crippen LogP contribution in [0.3, 0.4) is 0 Å². The molecule has 1 fully saturated rings. The molecule has 0 spiro atoms. The Labute approximate surface area is 85.9 Å². The highest BCUT2D eigenvalue weighted by atomic mass is 79.9. The maximum atomic E-state index is 9.98. The van der Waals surface area contributed by atoms with Crippen molar-refractivity contribution >= 4 is 15.9 Å². The zero-order valence-corrected chi connectivity index (χ0v) is 9.16. The molecular formula is C9H13BrN2O. The molecule has 0 bridgehead atoms. The molecule has 1 N–H and O–H groups in total. The molecule has 1 aliphatic carbocycles. The number of hydrogen-bond acceptors (Lipinski definition) is 2. The number of hydrogen-bond donors (Lipinski definition) is 1. The fourth-order valence-corrected chi connectivity index (χ4v) is 2.12. The molecule has 0 saturated heterocycles. The van der Waals surface area contributed by atoms with Gasteiger partial charge in [0.2, 0.25) is 0 Å². The maximum absolute atomic E-state index is 9.98. The highest BCUT2D eigenvalue weighted by molar-refractivity contribution is 9.10. The Morgan fingerprint density at radius 3 is 3.08 bits per heavy atom. The minimum atomic E-state index is -0.486. The van der Waals surface area contributed by atoms with Gasteiger partial charge >= 0.3 is 0 Å². The number of rotatable bonds is 3. The molecule has 0 aliphatic heterocycles. The van der Waals surface area contributed by atoms with Crippen LogP contribution in [0, 0.1) is 5.92 Å². The average molecular weight is 245 g/mol. The third kappa shape index (κ3) is 1.79. The van der Waals surface area contributed by atoms with Crippen LogP contribution in [0.15, 0.2) is 16.9 Å². The van der Waals surface area contributed by atoms with Gasteiger partial charge in [-0.05, 0) is 28.3 Å². The topological polar surface area (TPSA) is 38.0 Å². The first-order chi connectivity index (χ1) is 6.14. The van der Waals surface area contributed by atoms with Gasteiger partial charge in [-0.2, -0.15) is 5.10 Å². The van der Waals surface area contributed by atoms with E-state index >= 15 is 0 Å². The van der Waals surface area contributed by atoms with Crippen LogP contribution in [0.1, 0.15) is 19.8 Å². The predicted molar refractivity (Wildman–Crippen MR) is 53.3 cm³/mol. The number of aromatic nitrogens is 2. The van der Waals surface area contributed by atoms with E-state index in [0.29, 0.717) is 12.5 Å². The number of aliphatic hydroxyl groups is 1. The Kier molecular flexibility index (Phi) is 2.20. The van der Waals surface area contributed by atoms with Crippen LogP contribution >= 0.6 is 15.9 Å². The molecule has 1 saturated carbocycles. The molecule has 3 nitrogen and oxygen atoms in total. The summed E-state index contributed by atoms with van der Waals surface area (Å²) in [7, 11) is 0. The molecule has 72 valence electrons. The average Bonchev–Trinajstić information content (AvgIpc) is 2.54. The van der Waals surface area contributed by atoms with E-state index in [0.717, 1.165) is 17.3 Å². The molecule has 1 aromatic rings. The Morgan fingerprint density at radius 1 is 1.85 bits per heavy atom. The van der Waals surface area contributed by atoms with Crippen LogP contribution in [-0.2, 0) is 6.54 Å². The second-order valence-electron chi connectivity index (χ2n) is 3.77. The molecule has 2 atom stereocenters. The Morgan fingerprint density at radius 2 is 2.62 bits per heavy atom. The molecule has 1 aromatic heterocycles. The van der Waals surface area contributed by atoms with Gasteiger partial charge in [-0.1, -0.05) is 13.3 Å². The Hall–Kier alpha value is -0.350. The van der Waals surface area contributed by atoms with E-state index in [1.54, 1.807) is 10.9 Å². The fraction of sp³-hybridized carbons (Fsp3) is 0.667. The third-order valence-electron chi connectivity index (χ3n) is 2.73. The van der Waals surface area contributed by atoms with E-state index in [2.05, 4.69) is 28.0 Å². The summed E-state index contributed by atoms with van der Waals surface area (Å²) in [4.78, 5) is 0. The standard InChI is InChI=1S/C9H13BrN2O/c1-2-7-3-9(7,13)6-12-5-8(10)4-11-12/h4-5,7,13H,2-3,6H2,1H3. The van der Waals surface area contributed by atoms with E-state index in [1.165, 1.54) is 0 Å². The summed E-state index contributed by atoms with van der Waals surface area (Å²) in [5.41, 5.74) is -0.486. The molecule has 2 rings (SSSR count). The highest BCUT2D eigenvalue weighted by Gasteiger charge is 2.51. The summed E-state index contributed by atoms with van der Waals surface area (Å²) in [5, 5.41) is 14.1. The normalized spacial score (nSPS) is 32.1. The first-order valence-electron chi connectivity index (χ1n) is 4.54. The summed E-state index contributed by atoms with van der Waals surface area (Å²) in [6, 6.07) is 0. The maximum Gasteiger partial charge on any atom is 0.0875 e. The van der Waals surface area contributed by atoms with Crippen LogP contribution in [0.5, 0.6) is 0 Å². The summed E-state index contributed by atoms with van der Waals surface area (Å²) in [6.45, 7) is 2.73. The molecule has 0 amide bonds. The van der Waals surface area contributed by atoms with Crippen molar-refractivity contribution in [3.8, 4) is 0 Å². The van der Waals surface area contributed by atoms with Gasteiger partial charge in [0.15, 0.2) is 0 Å². The molecule has 0 radical (unpaired) electrons. The second kappa shape index (κ2) is 3.10. The zero-order valence-electron chi connectivity index (χ0n) is 7.57. The van der Waals surface area contributed by atoms with Gasteiger partial charge in [0.05, 0.1) is 22.8 Å². The monoisotopic (exact) mass is 244 g/mol. The van der Waals surface area contributed by atoms with Crippen molar-refractivity contribution in [3.05, 3.63) is 16.9 Å². The van der Waals surface area contributed by atoms with Gasteiger partial charge in [-0.15, -0.1) is 0 Å². The van der Waals surface area contributed by atoms with Crippen LogP contribution in [0.4, 0.5) is 0 Å².